The van der Waals surface area contributed by atoms with Crippen LogP contribution in [0.25, 0.3) is 10.9 Å². The molecule has 9 heteroatoms. The van der Waals surface area contributed by atoms with Crippen LogP contribution in [0, 0.1) is 11.6 Å². The predicted molar refractivity (Wildman–Crippen MR) is 102 cm³/mol. The molecule has 4 N–H and O–H groups in total. The predicted octanol–water partition coefficient (Wildman–Crippen LogP) is 3.06. The molecule has 0 saturated heterocycles. The molecule has 7 nitrogen and oxygen atoms in total. The van der Waals surface area contributed by atoms with Crippen molar-refractivity contribution in [3.05, 3.63) is 47.7 Å². The maximum absolute atomic E-state index is 14.9. The van der Waals surface area contributed by atoms with Crippen molar-refractivity contribution in [2.45, 2.75) is 0 Å². The molecule has 0 bridgehead atoms. The van der Waals surface area contributed by atoms with E-state index in [0.717, 1.165) is 6.07 Å². The first-order chi connectivity index (χ1) is 13.2. The Kier molecular flexibility index (Phi) is 4.91. The van der Waals surface area contributed by atoms with Gasteiger partial charge < -0.3 is 25.8 Å². The molecular formula is C19H18F2N4O3. The number of aromatic nitrogens is 1. The Hall–Kier alpha value is -3.62. The summed E-state index contributed by atoms with van der Waals surface area (Å²) >= 11 is 0. The molecule has 0 radical (unpaired) electrons. The summed E-state index contributed by atoms with van der Waals surface area (Å²) in [6, 6.07) is 5.29. The Morgan fingerprint density at radius 2 is 1.89 bits per heavy atom. The van der Waals surface area contributed by atoms with E-state index >= 15 is 0 Å². The number of pyridine rings is 1. The summed E-state index contributed by atoms with van der Waals surface area (Å²) in [6.07, 6.45) is 1.40. The van der Waals surface area contributed by atoms with Crippen molar-refractivity contribution in [2.24, 2.45) is 5.73 Å². The number of hydrogen-bond acceptors (Lipinski definition) is 6. The molecule has 0 unspecified atom stereocenters. The van der Waals surface area contributed by atoms with Crippen LogP contribution in [0.15, 0.2) is 30.5 Å². The maximum Gasteiger partial charge on any atom is 0.252 e. The molecule has 0 saturated carbocycles. The van der Waals surface area contributed by atoms with Crippen LogP contribution in [0.5, 0.6) is 17.2 Å². The summed E-state index contributed by atoms with van der Waals surface area (Å²) in [5.74, 6) is -2.95. The van der Waals surface area contributed by atoms with E-state index in [-0.39, 0.29) is 28.4 Å². The lowest BCUT2D eigenvalue weighted by molar-refractivity contribution is 0.0997. The Bertz CT molecular complexity index is 1090. The minimum absolute atomic E-state index is 0.00532. The third-order valence-corrected chi connectivity index (χ3v) is 4.13. The second kappa shape index (κ2) is 7.18. The van der Waals surface area contributed by atoms with Gasteiger partial charge in [-0.2, -0.15) is 0 Å². The van der Waals surface area contributed by atoms with Gasteiger partial charge in [0, 0.05) is 37.8 Å². The van der Waals surface area contributed by atoms with Crippen molar-refractivity contribution < 1.29 is 23.0 Å². The van der Waals surface area contributed by atoms with Crippen LogP contribution in [0.4, 0.5) is 20.2 Å². The van der Waals surface area contributed by atoms with Crippen LogP contribution in [0.3, 0.4) is 0 Å². The average Bonchev–Trinajstić information content (AvgIpc) is 2.63. The molecule has 28 heavy (non-hydrogen) atoms. The van der Waals surface area contributed by atoms with Crippen molar-refractivity contribution in [3.8, 4) is 17.2 Å². The molecule has 0 atom stereocenters. The van der Waals surface area contributed by atoms with Crippen LogP contribution >= 0.6 is 0 Å². The normalized spacial score (nSPS) is 10.8. The largest absolute Gasteiger partial charge is 0.496 e. The van der Waals surface area contributed by atoms with Crippen LogP contribution < -0.4 is 25.8 Å². The van der Waals surface area contributed by atoms with Crippen LogP contribution in [-0.4, -0.2) is 32.1 Å². The van der Waals surface area contributed by atoms with Crippen LogP contribution in [0.1, 0.15) is 10.4 Å². The third-order valence-electron chi connectivity index (χ3n) is 4.13. The molecule has 0 fully saturated rings. The lowest BCUT2D eigenvalue weighted by atomic mass is 10.1. The lowest BCUT2D eigenvalue weighted by Gasteiger charge is -2.19. The van der Waals surface area contributed by atoms with Gasteiger partial charge in [-0.3, -0.25) is 9.78 Å². The van der Waals surface area contributed by atoms with Crippen molar-refractivity contribution in [3.63, 3.8) is 0 Å². The van der Waals surface area contributed by atoms with Gasteiger partial charge >= 0.3 is 0 Å². The number of anilines is 2. The summed E-state index contributed by atoms with van der Waals surface area (Å²) in [5, 5.41) is 0.333. The molecule has 1 heterocycles. The van der Waals surface area contributed by atoms with Gasteiger partial charge in [0.2, 0.25) is 5.75 Å². The number of methoxy groups -OCH3 is 1. The number of primary amides is 1. The van der Waals surface area contributed by atoms with Crippen molar-refractivity contribution in [2.75, 3.05) is 31.8 Å². The highest BCUT2D eigenvalue weighted by atomic mass is 19.1. The molecule has 3 aromatic rings. The fourth-order valence-electron chi connectivity index (χ4n) is 2.87. The third kappa shape index (κ3) is 3.22. The number of fused-ring (bicyclic) bond motifs is 1. The summed E-state index contributed by atoms with van der Waals surface area (Å²) in [4.78, 5) is 17.3. The number of carbonyl (C=O) groups is 1. The molecule has 0 aliphatic heterocycles. The smallest absolute Gasteiger partial charge is 0.252 e. The van der Waals surface area contributed by atoms with E-state index in [1.54, 1.807) is 14.1 Å². The van der Waals surface area contributed by atoms with Crippen molar-refractivity contribution in [1.82, 2.24) is 4.98 Å². The highest BCUT2D eigenvalue weighted by Gasteiger charge is 2.22. The SMILES string of the molecule is COc1cc2nccc(Oc3c(F)cc(N)c(N(C)C)c3F)c2cc1C(N)=O. The Morgan fingerprint density at radius 1 is 1.18 bits per heavy atom. The van der Waals surface area contributed by atoms with Gasteiger partial charge in [0.1, 0.15) is 11.5 Å². The molecule has 3 rings (SSSR count). The van der Waals surface area contributed by atoms with Gasteiger partial charge in [0.05, 0.1) is 29.6 Å². The highest BCUT2D eigenvalue weighted by Crippen LogP contribution is 2.39. The molecule has 1 aromatic heterocycles. The number of nitrogens with zero attached hydrogens (tertiary/aromatic N) is 2. The second-order valence-corrected chi connectivity index (χ2v) is 6.18. The zero-order valence-corrected chi connectivity index (χ0v) is 15.4. The van der Waals surface area contributed by atoms with Crippen LogP contribution in [-0.2, 0) is 0 Å². The Balaban J connectivity index is 2.20. The molecule has 0 aliphatic carbocycles. The zero-order valence-electron chi connectivity index (χ0n) is 15.4. The monoisotopic (exact) mass is 388 g/mol. The van der Waals surface area contributed by atoms with E-state index in [1.807, 2.05) is 0 Å². The standard InChI is InChI=1S/C19H18F2N4O3/c1-25(2)17-12(22)7-11(20)18(16(17)21)28-14-4-5-24-13-8-15(27-3)10(19(23)26)6-9(13)14/h4-8H,22H2,1-3H3,(H2,23,26). The molecule has 2 aromatic carbocycles. The van der Waals surface area contributed by atoms with E-state index in [9.17, 15) is 13.6 Å². The summed E-state index contributed by atoms with van der Waals surface area (Å²) in [5.41, 5.74) is 11.5. The van der Waals surface area contributed by atoms with E-state index < -0.39 is 23.3 Å². The van der Waals surface area contributed by atoms with Gasteiger partial charge in [-0.05, 0) is 12.1 Å². The zero-order chi connectivity index (χ0) is 20.6. The minimum atomic E-state index is -0.964. The van der Waals surface area contributed by atoms with E-state index in [2.05, 4.69) is 4.98 Å². The quantitative estimate of drug-likeness (QED) is 0.651. The molecule has 1 amide bonds. The highest BCUT2D eigenvalue weighted by molar-refractivity contribution is 6.01. The number of nitrogens with two attached hydrogens (primary N) is 2. The minimum Gasteiger partial charge on any atom is -0.496 e. The first kappa shape index (κ1) is 19.2. The van der Waals surface area contributed by atoms with Gasteiger partial charge in [0.25, 0.3) is 5.91 Å². The Labute approximate surface area is 159 Å². The van der Waals surface area contributed by atoms with Crippen molar-refractivity contribution in [1.29, 1.82) is 0 Å². The van der Waals surface area contributed by atoms with E-state index in [1.165, 1.54) is 36.4 Å². The number of nitrogen functional groups attached to an aromatic ring is 1. The van der Waals surface area contributed by atoms with E-state index in [0.29, 0.717) is 10.9 Å². The summed E-state index contributed by atoms with van der Waals surface area (Å²) in [6.45, 7) is 0. The number of rotatable bonds is 5. The Morgan fingerprint density at radius 3 is 2.50 bits per heavy atom. The molecule has 146 valence electrons. The number of carbonyl (C=O) groups excluding carboxylic acids is 1. The second-order valence-electron chi connectivity index (χ2n) is 6.18. The molecular weight excluding hydrogens is 370 g/mol. The van der Waals surface area contributed by atoms with E-state index in [4.69, 9.17) is 20.9 Å². The first-order valence-corrected chi connectivity index (χ1v) is 8.13. The number of ether oxygens (including phenoxy) is 2. The number of hydrogen-bond donors (Lipinski definition) is 2. The fraction of sp³-hybridized carbons (Fsp3) is 0.158. The van der Waals surface area contributed by atoms with Crippen LogP contribution in [0.2, 0.25) is 0 Å². The average molecular weight is 388 g/mol. The molecule has 0 spiro atoms. The summed E-state index contributed by atoms with van der Waals surface area (Å²) < 4.78 is 39.9. The fourth-order valence-corrected chi connectivity index (χ4v) is 2.87. The van der Waals surface area contributed by atoms with Crippen molar-refractivity contribution >= 4 is 28.2 Å². The topological polar surface area (TPSA) is 104 Å². The van der Waals surface area contributed by atoms with Gasteiger partial charge in [-0.15, -0.1) is 0 Å². The number of benzene rings is 2. The summed E-state index contributed by atoms with van der Waals surface area (Å²) in [7, 11) is 4.53. The molecule has 0 aliphatic rings. The van der Waals surface area contributed by atoms with Gasteiger partial charge in [-0.1, -0.05) is 0 Å². The van der Waals surface area contributed by atoms with Gasteiger partial charge in [-0.25, -0.2) is 8.78 Å². The van der Waals surface area contributed by atoms with Gasteiger partial charge in [0.15, 0.2) is 11.6 Å². The first-order valence-electron chi connectivity index (χ1n) is 8.13. The lowest BCUT2D eigenvalue weighted by Crippen LogP contribution is -2.14. The maximum atomic E-state index is 14.9. The number of halogens is 2. The number of amides is 1.